The fourth-order valence-electron chi connectivity index (χ4n) is 4.23. The zero-order chi connectivity index (χ0) is 22.9. The number of halogens is 3. The molecule has 1 aromatic heterocycles. The number of likely N-dealkylation sites (tertiary alicyclic amines) is 1. The van der Waals surface area contributed by atoms with Crippen molar-refractivity contribution in [1.82, 2.24) is 14.8 Å². The van der Waals surface area contributed by atoms with E-state index in [4.69, 9.17) is 0 Å². The second-order valence-corrected chi connectivity index (χ2v) is 8.12. The molecular weight excluding hydrogens is 419 g/mol. The summed E-state index contributed by atoms with van der Waals surface area (Å²) >= 11 is 0. The minimum Gasteiger partial charge on any atom is -0.346 e. The van der Waals surface area contributed by atoms with Gasteiger partial charge in [0.15, 0.2) is 0 Å². The highest BCUT2D eigenvalue weighted by Crippen LogP contribution is 2.31. The Bertz CT molecular complexity index is 1150. The van der Waals surface area contributed by atoms with E-state index in [-0.39, 0.29) is 24.9 Å². The molecule has 2 amide bonds. The predicted octanol–water partition coefficient (Wildman–Crippen LogP) is 4.45. The van der Waals surface area contributed by atoms with Crippen molar-refractivity contribution in [3.8, 4) is 0 Å². The molecule has 32 heavy (non-hydrogen) atoms. The number of hydrogen-bond acceptors (Lipinski definition) is 2. The first-order valence-corrected chi connectivity index (χ1v) is 10.5. The summed E-state index contributed by atoms with van der Waals surface area (Å²) in [5, 5.41) is 3.88. The number of aromatic nitrogens is 1. The topological polar surface area (TPSA) is 54.3 Å². The van der Waals surface area contributed by atoms with Gasteiger partial charge in [-0.15, -0.1) is 0 Å². The van der Waals surface area contributed by atoms with Gasteiger partial charge in [0.2, 0.25) is 11.8 Å². The number of nitrogens with zero attached hydrogens (tertiary/aromatic N) is 2. The van der Waals surface area contributed by atoms with Gasteiger partial charge in [-0.25, -0.2) is 0 Å². The third-order valence-electron chi connectivity index (χ3n) is 5.85. The maximum absolute atomic E-state index is 13.3. The van der Waals surface area contributed by atoms with Crippen molar-refractivity contribution in [2.24, 2.45) is 0 Å². The van der Waals surface area contributed by atoms with Crippen molar-refractivity contribution < 1.29 is 22.8 Å². The number of alkyl halides is 3. The summed E-state index contributed by atoms with van der Waals surface area (Å²) in [6, 6.07) is 13.8. The fraction of sp³-hybridized carbons (Fsp3) is 0.333. The van der Waals surface area contributed by atoms with E-state index < -0.39 is 17.8 Å². The number of aryl methyl sites for hydroxylation is 1. The molecular formula is C24H24F3N3O2. The molecule has 0 bridgehead atoms. The minimum atomic E-state index is -4.49. The molecule has 0 radical (unpaired) electrons. The molecule has 3 aromatic rings. The van der Waals surface area contributed by atoms with Crippen molar-refractivity contribution in [2.75, 3.05) is 13.1 Å². The van der Waals surface area contributed by atoms with E-state index in [1.165, 1.54) is 6.07 Å². The lowest BCUT2D eigenvalue weighted by atomic mass is 10.0. The van der Waals surface area contributed by atoms with Crippen LogP contribution in [0.2, 0.25) is 0 Å². The molecule has 2 heterocycles. The van der Waals surface area contributed by atoms with Gasteiger partial charge in [0.05, 0.1) is 11.6 Å². The minimum absolute atomic E-state index is 0.0305. The Balaban J connectivity index is 1.59. The summed E-state index contributed by atoms with van der Waals surface area (Å²) in [7, 11) is 0. The molecule has 1 fully saturated rings. The number of fused-ring (bicyclic) bond motifs is 1. The zero-order valence-electron chi connectivity index (χ0n) is 17.7. The largest absolute Gasteiger partial charge is 0.416 e. The van der Waals surface area contributed by atoms with Gasteiger partial charge in [-0.1, -0.05) is 30.3 Å². The van der Waals surface area contributed by atoms with Crippen LogP contribution in [-0.2, 0) is 22.3 Å². The van der Waals surface area contributed by atoms with Crippen LogP contribution in [0.1, 0.15) is 35.7 Å². The number of para-hydroxylation sites is 1. The quantitative estimate of drug-likeness (QED) is 0.612. The molecule has 0 aliphatic carbocycles. The molecule has 168 valence electrons. The molecule has 1 atom stereocenters. The van der Waals surface area contributed by atoms with Gasteiger partial charge in [0.25, 0.3) is 0 Å². The van der Waals surface area contributed by atoms with E-state index >= 15 is 0 Å². The van der Waals surface area contributed by atoms with Gasteiger partial charge >= 0.3 is 6.18 Å². The maximum Gasteiger partial charge on any atom is 0.416 e. The van der Waals surface area contributed by atoms with Crippen LogP contribution < -0.4 is 5.32 Å². The predicted molar refractivity (Wildman–Crippen MR) is 115 cm³/mol. The molecule has 0 saturated carbocycles. The van der Waals surface area contributed by atoms with Gasteiger partial charge in [-0.2, -0.15) is 13.2 Å². The van der Waals surface area contributed by atoms with Crippen LogP contribution in [-0.4, -0.2) is 34.4 Å². The molecule has 1 N–H and O–H groups in total. The lowest BCUT2D eigenvalue weighted by Gasteiger charge is -2.26. The third kappa shape index (κ3) is 4.64. The first-order chi connectivity index (χ1) is 15.2. The monoisotopic (exact) mass is 443 g/mol. The van der Waals surface area contributed by atoms with E-state index in [0.29, 0.717) is 24.9 Å². The van der Waals surface area contributed by atoms with Crippen molar-refractivity contribution in [1.29, 1.82) is 0 Å². The van der Waals surface area contributed by atoms with E-state index in [9.17, 15) is 22.8 Å². The average Bonchev–Trinajstić information content (AvgIpc) is 3.29. The Morgan fingerprint density at radius 2 is 1.91 bits per heavy atom. The van der Waals surface area contributed by atoms with Crippen LogP contribution in [0.15, 0.2) is 54.6 Å². The van der Waals surface area contributed by atoms with Crippen LogP contribution in [0.3, 0.4) is 0 Å². The lowest BCUT2D eigenvalue weighted by Crippen LogP contribution is -2.40. The molecule has 8 heteroatoms. The van der Waals surface area contributed by atoms with E-state index in [0.717, 1.165) is 28.7 Å². The normalized spacial score (nSPS) is 15.4. The SMILES string of the molecule is Cc1cc2ccccc2n1CC(=O)NC(CN1CCCC1=O)c1cccc(C(F)(F)F)c1. The Kier molecular flexibility index (Phi) is 5.95. The summed E-state index contributed by atoms with van der Waals surface area (Å²) in [6.07, 6.45) is -3.37. The van der Waals surface area contributed by atoms with Crippen molar-refractivity contribution in [3.05, 3.63) is 71.4 Å². The number of hydrogen-bond donors (Lipinski definition) is 1. The molecule has 4 rings (SSSR count). The van der Waals surface area contributed by atoms with E-state index in [1.54, 1.807) is 11.0 Å². The number of nitrogens with one attached hydrogen (secondary N) is 1. The zero-order valence-corrected chi connectivity index (χ0v) is 17.7. The Labute approximate surface area is 183 Å². The number of carbonyl (C=O) groups is 2. The maximum atomic E-state index is 13.3. The summed E-state index contributed by atoms with van der Waals surface area (Å²) in [6.45, 7) is 2.60. The molecule has 2 aromatic carbocycles. The molecule has 0 spiro atoms. The smallest absolute Gasteiger partial charge is 0.346 e. The Hall–Kier alpha value is -3.29. The number of rotatable bonds is 6. The van der Waals surface area contributed by atoms with Gasteiger partial charge in [-0.3, -0.25) is 9.59 Å². The molecule has 1 saturated heterocycles. The average molecular weight is 443 g/mol. The standard InChI is InChI=1S/C24H24F3N3O2/c1-16-12-18-6-2-3-9-21(18)30(16)15-22(31)28-20(14-29-11-5-10-23(29)32)17-7-4-8-19(13-17)24(25,26)27/h2-4,6-9,12-13,20H,5,10-11,14-15H2,1H3,(H,28,31). The summed E-state index contributed by atoms with van der Waals surface area (Å²) in [4.78, 5) is 26.7. The Morgan fingerprint density at radius 1 is 1.12 bits per heavy atom. The van der Waals surface area contributed by atoms with Crippen LogP contribution in [0.25, 0.3) is 10.9 Å². The highest BCUT2D eigenvalue weighted by molar-refractivity contribution is 5.84. The highest BCUT2D eigenvalue weighted by Gasteiger charge is 2.32. The fourth-order valence-corrected chi connectivity index (χ4v) is 4.23. The Morgan fingerprint density at radius 3 is 2.62 bits per heavy atom. The first kappa shape index (κ1) is 21.9. The number of carbonyl (C=O) groups excluding carboxylic acids is 2. The number of benzene rings is 2. The van der Waals surface area contributed by atoms with Crippen LogP contribution in [0, 0.1) is 6.92 Å². The van der Waals surface area contributed by atoms with Crippen molar-refractivity contribution >= 4 is 22.7 Å². The van der Waals surface area contributed by atoms with Crippen molar-refractivity contribution in [3.63, 3.8) is 0 Å². The molecule has 1 aliphatic heterocycles. The van der Waals surface area contributed by atoms with Crippen LogP contribution in [0.4, 0.5) is 13.2 Å². The summed E-state index contributed by atoms with van der Waals surface area (Å²) in [5.74, 6) is -0.382. The molecule has 5 nitrogen and oxygen atoms in total. The summed E-state index contributed by atoms with van der Waals surface area (Å²) in [5.41, 5.74) is 1.35. The van der Waals surface area contributed by atoms with Crippen molar-refractivity contribution in [2.45, 2.75) is 38.5 Å². The lowest BCUT2D eigenvalue weighted by molar-refractivity contribution is -0.137. The van der Waals surface area contributed by atoms with Crippen LogP contribution in [0.5, 0.6) is 0 Å². The van der Waals surface area contributed by atoms with Gasteiger partial charge in [0.1, 0.15) is 6.54 Å². The van der Waals surface area contributed by atoms with E-state index in [1.807, 2.05) is 41.8 Å². The first-order valence-electron chi connectivity index (χ1n) is 10.5. The van der Waals surface area contributed by atoms with Gasteiger partial charge < -0.3 is 14.8 Å². The van der Waals surface area contributed by atoms with Gasteiger partial charge in [-0.05, 0) is 48.6 Å². The second kappa shape index (κ2) is 8.68. The second-order valence-electron chi connectivity index (χ2n) is 8.12. The van der Waals surface area contributed by atoms with Gasteiger partial charge in [0, 0.05) is 30.7 Å². The molecule has 1 aliphatic rings. The highest BCUT2D eigenvalue weighted by atomic mass is 19.4. The molecule has 1 unspecified atom stereocenters. The summed E-state index contributed by atoms with van der Waals surface area (Å²) < 4.78 is 41.6. The van der Waals surface area contributed by atoms with Crippen LogP contribution >= 0.6 is 0 Å². The number of amides is 2. The van der Waals surface area contributed by atoms with E-state index in [2.05, 4.69) is 5.32 Å². The third-order valence-corrected chi connectivity index (χ3v) is 5.85.